The Morgan fingerprint density at radius 2 is 1.94 bits per heavy atom. The summed E-state index contributed by atoms with van der Waals surface area (Å²) < 4.78 is 1.90. The van der Waals surface area contributed by atoms with Crippen molar-refractivity contribution in [3.63, 3.8) is 0 Å². The van der Waals surface area contributed by atoms with E-state index in [2.05, 4.69) is 17.6 Å². The minimum Gasteiger partial charge on any atom is -0.342 e. The first-order valence-electron chi connectivity index (χ1n) is 7.08. The van der Waals surface area contributed by atoms with Gasteiger partial charge in [-0.15, -0.1) is 0 Å². The Bertz CT molecular complexity index is 406. The van der Waals surface area contributed by atoms with Gasteiger partial charge in [0.15, 0.2) is 0 Å². The zero-order valence-electron chi connectivity index (χ0n) is 11.3. The van der Waals surface area contributed by atoms with Crippen LogP contribution in [-0.2, 0) is 13.6 Å². The van der Waals surface area contributed by atoms with Crippen LogP contribution in [0.5, 0.6) is 0 Å². The van der Waals surface area contributed by atoms with Crippen LogP contribution >= 0.6 is 0 Å². The Balaban J connectivity index is 1.84. The molecule has 0 saturated heterocycles. The van der Waals surface area contributed by atoms with Crippen LogP contribution in [0.1, 0.15) is 56.2 Å². The molecule has 1 aromatic rings. The summed E-state index contributed by atoms with van der Waals surface area (Å²) in [7, 11) is 1.93. The van der Waals surface area contributed by atoms with Crippen molar-refractivity contribution < 1.29 is 0 Å². The number of hydrogen-bond donors (Lipinski definition) is 1. The number of nitriles is 1. The van der Waals surface area contributed by atoms with Gasteiger partial charge < -0.3 is 9.88 Å². The van der Waals surface area contributed by atoms with E-state index in [1.54, 1.807) is 0 Å². The summed E-state index contributed by atoms with van der Waals surface area (Å²) in [5.74, 6) is 0. The molecule has 0 atom stereocenters. The summed E-state index contributed by atoms with van der Waals surface area (Å²) in [6.45, 7) is 0.889. The van der Waals surface area contributed by atoms with Crippen molar-refractivity contribution in [1.29, 1.82) is 5.26 Å². The molecule has 3 nitrogen and oxygen atoms in total. The SMILES string of the molecule is Cn1cc(CNC2CCCCCCC2)cc1C#N. The molecule has 0 aliphatic heterocycles. The van der Waals surface area contributed by atoms with E-state index in [1.165, 1.54) is 50.5 Å². The van der Waals surface area contributed by atoms with E-state index in [0.717, 1.165) is 12.2 Å². The van der Waals surface area contributed by atoms with Crippen LogP contribution in [0.4, 0.5) is 0 Å². The highest BCUT2D eigenvalue weighted by molar-refractivity contribution is 5.28. The summed E-state index contributed by atoms with van der Waals surface area (Å²) >= 11 is 0. The number of nitrogens with one attached hydrogen (secondary N) is 1. The molecule has 2 rings (SSSR count). The van der Waals surface area contributed by atoms with E-state index in [1.807, 2.05) is 17.7 Å². The lowest BCUT2D eigenvalue weighted by Gasteiger charge is -2.20. The summed E-state index contributed by atoms with van der Waals surface area (Å²) in [4.78, 5) is 0. The van der Waals surface area contributed by atoms with Gasteiger partial charge in [-0.05, 0) is 24.5 Å². The lowest BCUT2D eigenvalue weighted by molar-refractivity contribution is 0.389. The van der Waals surface area contributed by atoms with Gasteiger partial charge in [0.25, 0.3) is 0 Å². The van der Waals surface area contributed by atoms with E-state index < -0.39 is 0 Å². The highest BCUT2D eigenvalue weighted by Gasteiger charge is 2.11. The van der Waals surface area contributed by atoms with Gasteiger partial charge in [-0.1, -0.05) is 32.1 Å². The minimum atomic E-state index is 0.663. The quantitative estimate of drug-likeness (QED) is 0.889. The zero-order chi connectivity index (χ0) is 12.8. The standard InChI is InChI=1S/C15H23N3/c1-18-12-13(9-15(18)10-16)11-17-14-7-5-3-2-4-6-8-14/h9,12,14,17H,2-8,11H2,1H3. The number of aryl methyl sites for hydroxylation is 1. The van der Waals surface area contributed by atoms with Gasteiger partial charge in [-0.25, -0.2) is 0 Å². The highest BCUT2D eigenvalue weighted by Crippen LogP contribution is 2.17. The molecule has 98 valence electrons. The van der Waals surface area contributed by atoms with Gasteiger partial charge in [0.05, 0.1) is 0 Å². The molecule has 18 heavy (non-hydrogen) atoms. The average Bonchev–Trinajstić information content (AvgIpc) is 2.68. The van der Waals surface area contributed by atoms with Crippen LogP contribution in [-0.4, -0.2) is 10.6 Å². The molecule has 0 unspecified atom stereocenters. The minimum absolute atomic E-state index is 0.663. The number of hydrogen-bond acceptors (Lipinski definition) is 2. The molecule has 1 aliphatic carbocycles. The van der Waals surface area contributed by atoms with Crippen LogP contribution in [0, 0.1) is 11.3 Å². The van der Waals surface area contributed by atoms with Gasteiger partial charge >= 0.3 is 0 Å². The number of aromatic nitrogens is 1. The molecule has 0 spiro atoms. The second kappa shape index (κ2) is 6.61. The Labute approximate surface area is 110 Å². The average molecular weight is 245 g/mol. The van der Waals surface area contributed by atoms with Crippen molar-refractivity contribution in [3.05, 3.63) is 23.5 Å². The highest BCUT2D eigenvalue weighted by atomic mass is 14.9. The van der Waals surface area contributed by atoms with Crippen LogP contribution in [0.2, 0.25) is 0 Å². The van der Waals surface area contributed by atoms with Gasteiger partial charge in [-0.3, -0.25) is 0 Å². The van der Waals surface area contributed by atoms with E-state index in [-0.39, 0.29) is 0 Å². The Kier molecular flexibility index (Phi) is 4.83. The van der Waals surface area contributed by atoms with Crippen molar-refractivity contribution >= 4 is 0 Å². The summed E-state index contributed by atoms with van der Waals surface area (Å²) in [5, 5.41) is 12.6. The van der Waals surface area contributed by atoms with Crippen molar-refractivity contribution in [1.82, 2.24) is 9.88 Å². The van der Waals surface area contributed by atoms with Crippen molar-refractivity contribution in [2.24, 2.45) is 7.05 Å². The smallest absolute Gasteiger partial charge is 0.120 e. The molecule has 0 aromatic carbocycles. The third-order valence-corrected chi connectivity index (χ3v) is 3.88. The molecule has 1 aromatic heterocycles. The third-order valence-electron chi connectivity index (χ3n) is 3.88. The van der Waals surface area contributed by atoms with Crippen molar-refractivity contribution in [3.8, 4) is 6.07 Å². The third kappa shape index (κ3) is 3.61. The lowest BCUT2D eigenvalue weighted by Crippen LogP contribution is -2.29. The first-order valence-corrected chi connectivity index (χ1v) is 7.08. The fraction of sp³-hybridized carbons (Fsp3) is 0.667. The van der Waals surface area contributed by atoms with Crippen LogP contribution in [0.3, 0.4) is 0 Å². The monoisotopic (exact) mass is 245 g/mol. The molecule has 1 heterocycles. The topological polar surface area (TPSA) is 40.8 Å². The lowest BCUT2D eigenvalue weighted by atomic mass is 9.96. The van der Waals surface area contributed by atoms with E-state index in [0.29, 0.717) is 6.04 Å². The van der Waals surface area contributed by atoms with E-state index in [4.69, 9.17) is 5.26 Å². The molecule has 1 N–H and O–H groups in total. The van der Waals surface area contributed by atoms with Crippen LogP contribution in [0.25, 0.3) is 0 Å². The fourth-order valence-corrected chi connectivity index (χ4v) is 2.76. The van der Waals surface area contributed by atoms with E-state index in [9.17, 15) is 0 Å². The molecule has 1 aliphatic rings. The maximum absolute atomic E-state index is 8.93. The maximum atomic E-state index is 8.93. The first-order chi connectivity index (χ1) is 8.79. The van der Waals surface area contributed by atoms with Gasteiger partial charge in [0.1, 0.15) is 11.8 Å². The first kappa shape index (κ1) is 13.2. The molecule has 0 radical (unpaired) electrons. The van der Waals surface area contributed by atoms with Gasteiger partial charge in [0.2, 0.25) is 0 Å². The summed E-state index contributed by atoms with van der Waals surface area (Å²) in [6, 6.07) is 4.85. The number of nitrogens with zero attached hydrogens (tertiary/aromatic N) is 2. The fourth-order valence-electron chi connectivity index (χ4n) is 2.76. The van der Waals surface area contributed by atoms with Crippen molar-refractivity contribution in [2.45, 2.75) is 57.5 Å². The van der Waals surface area contributed by atoms with E-state index >= 15 is 0 Å². The Morgan fingerprint density at radius 1 is 1.28 bits per heavy atom. The predicted octanol–water partition coefficient (Wildman–Crippen LogP) is 3.10. The molecule has 0 bridgehead atoms. The van der Waals surface area contributed by atoms with Gasteiger partial charge in [0, 0.05) is 25.8 Å². The largest absolute Gasteiger partial charge is 0.342 e. The Morgan fingerprint density at radius 3 is 2.56 bits per heavy atom. The maximum Gasteiger partial charge on any atom is 0.120 e. The normalized spacial score (nSPS) is 18.0. The van der Waals surface area contributed by atoms with Crippen molar-refractivity contribution in [2.75, 3.05) is 0 Å². The molecule has 3 heteroatoms. The van der Waals surface area contributed by atoms with Gasteiger partial charge in [-0.2, -0.15) is 5.26 Å². The zero-order valence-corrected chi connectivity index (χ0v) is 11.3. The summed E-state index contributed by atoms with van der Waals surface area (Å²) in [6.07, 6.45) is 11.6. The second-order valence-corrected chi connectivity index (χ2v) is 5.38. The van der Waals surface area contributed by atoms with Crippen LogP contribution in [0.15, 0.2) is 12.3 Å². The molecule has 1 saturated carbocycles. The number of rotatable bonds is 3. The second-order valence-electron chi connectivity index (χ2n) is 5.38. The van der Waals surface area contributed by atoms with Crippen LogP contribution < -0.4 is 5.32 Å². The molecule has 1 fully saturated rings. The summed E-state index contributed by atoms with van der Waals surface area (Å²) in [5.41, 5.74) is 1.96. The molecule has 0 amide bonds. The molecular weight excluding hydrogens is 222 g/mol. The predicted molar refractivity (Wildman–Crippen MR) is 73.1 cm³/mol. The molecular formula is C15H23N3. The Hall–Kier alpha value is -1.27.